The Hall–Kier alpha value is -2.21. The first kappa shape index (κ1) is 14.7. The van der Waals surface area contributed by atoms with Crippen LogP contribution in [0.4, 0.5) is 0 Å². The summed E-state index contributed by atoms with van der Waals surface area (Å²) in [6, 6.07) is 7.93. The van der Waals surface area contributed by atoms with Crippen molar-refractivity contribution in [3.05, 3.63) is 35.7 Å². The zero-order chi connectivity index (χ0) is 15.5. The minimum absolute atomic E-state index is 0.0921. The van der Waals surface area contributed by atoms with E-state index in [1.54, 1.807) is 13.0 Å². The molecule has 22 heavy (non-hydrogen) atoms. The van der Waals surface area contributed by atoms with Gasteiger partial charge in [0.15, 0.2) is 5.82 Å². The molecule has 0 aliphatic carbocycles. The molecule has 2 aromatic rings. The molecule has 0 spiro atoms. The molecule has 1 aromatic heterocycles. The Morgan fingerprint density at radius 2 is 2.23 bits per heavy atom. The van der Waals surface area contributed by atoms with E-state index in [4.69, 9.17) is 4.52 Å². The van der Waals surface area contributed by atoms with E-state index >= 15 is 0 Å². The molecule has 116 valence electrons. The minimum Gasteiger partial charge on any atom is -0.349 e. The standard InChI is InChI=1S/C16H20N4O2/c1-10-9-12(7-8-17-10)19-15(21)13-5-3-4-6-14(13)16-18-11(2)20-22-16/h3-6,10,12,17H,7-9H2,1-2H3,(H,19,21). The number of aromatic nitrogens is 2. The zero-order valence-corrected chi connectivity index (χ0v) is 12.8. The summed E-state index contributed by atoms with van der Waals surface area (Å²) in [6.07, 6.45) is 1.88. The third-order valence-electron chi connectivity index (χ3n) is 3.89. The number of piperidine rings is 1. The average Bonchev–Trinajstić information content (AvgIpc) is 2.94. The van der Waals surface area contributed by atoms with Crippen LogP contribution in [0.25, 0.3) is 11.5 Å². The predicted octanol–water partition coefficient (Wildman–Crippen LogP) is 1.92. The van der Waals surface area contributed by atoms with Crippen LogP contribution in [0.15, 0.2) is 28.8 Å². The zero-order valence-electron chi connectivity index (χ0n) is 12.8. The van der Waals surface area contributed by atoms with Gasteiger partial charge in [0.2, 0.25) is 0 Å². The van der Waals surface area contributed by atoms with Gasteiger partial charge in [-0.2, -0.15) is 4.98 Å². The van der Waals surface area contributed by atoms with Gasteiger partial charge in [-0.15, -0.1) is 0 Å². The summed E-state index contributed by atoms with van der Waals surface area (Å²) < 4.78 is 5.20. The van der Waals surface area contributed by atoms with E-state index in [1.165, 1.54) is 0 Å². The highest BCUT2D eigenvalue weighted by Crippen LogP contribution is 2.22. The third kappa shape index (κ3) is 3.17. The van der Waals surface area contributed by atoms with Gasteiger partial charge in [-0.05, 0) is 45.4 Å². The van der Waals surface area contributed by atoms with Gasteiger partial charge in [-0.1, -0.05) is 17.3 Å². The van der Waals surface area contributed by atoms with Crippen molar-refractivity contribution in [1.29, 1.82) is 0 Å². The maximum atomic E-state index is 12.6. The summed E-state index contributed by atoms with van der Waals surface area (Å²) in [6.45, 7) is 4.82. The molecular weight excluding hydrogens is 280 g/mol. The number of hydrogen-bond acceptors (Lipinski definition) is 5. The Kier molecular flexibility index (Phi) is 4.20. The summed E-state index contributed by atoms with van der Waals surface area (Å²) in [5.41, 5.74) is 1.24. The summed E-state index contributed by atoms with van der Waals surface area (Å²) in [7, 11) is 0. The fraction of sp³-hybridized carbons (Fsp3) is 0.438. The molecule has 1 aromatic carbocycles. The number of amides is 1. The molecule has 0 bridgehead atoms. The largest absolute Gasteiger partial charge is 0.349 e. The Morgan fingerprint density at radius 1 is 1.41 bits per heavy atom. The van der Waals surface area contributed by atoms with Crippen LogP contribution in [-0.2, 0) is 0 Å². The first-order valence-electron chi connectivity index (χ1n) is 7.57. The molecule has 1 saturated heterocycles. The lowest BCUT2D eigenvalue weighted by atomic mass is 9.99. The van der Waals surface area contributed by atoms with Crippen molar-refractivity contribution in [3.63, 3.8) is 0 Å². The van der Waals surface area contributed by atoms with E-state index in [0.717, 1.165) is 19.4 Å². The van der Waals surface area contributed by atoms with Gasteiger partial charge in [0, 0.05) is 12.1 Å². The SMILES string of the molecule is Cc1noc(-c2ccccc2C(=O)NC2CCNC(C)C2)n1. The normalized spacial score (nSPS) is 21.5. The molecule has 0 saturated carbocycles. The fourth-order valence-corrected chi connectivity index (χ4v) is 2.80. The van der Waals surface area contributed by atoms with Gasteiger partial charge in [0.1, 0.15) is 0 Å². The van der Waals surface area contributed by atoms with Crippen molar-refractivity contribution in [3.8, 4) is 11.5 Å². The van der Waals surface area contributed by atoms with Crippen LogP contribution < -0.4 is 10.6 Å². The monoisotopic (exact) mass is 300 g/mol. The smallest absolute Gasteiger partial charge is 0.258 e. The van der Waals surface area contributed by atoms with Crippen molar-refractivity contribution in [2.45, 2.75) is 38.8 Å². The Morgan fingerprint density at radius 3 is 2.95 bits per heavy atom. The fourth-order valence-electron chi connectivity index (χ4n) is 2.80. The highest BCUT2D eigenvalue weighted by molar-refractivity contribution is 6.00. The number of rotatable bonds is 3. The maximum Gasteiger partial charge on any atom is 0.258 e. The van der Waals surface area contributed by atoms with E-state index in [0.29, 0.717) is 28.9 Å². The van der Waals surface area contributed by atoms with Gasteiger partial charge in [-0.3, -0.25) is 4.79 Å². The van der Waals surface area contributed by atoms with E-state index in [9.17, 15) is 4.79 Å². The Labute approximate surface area is 129 Å². The van der Waals surface area contributed by atoms with Crippen LogP contribution in [0.3, 0.4) is 0 Å². The second-order valence-electron chi connectivity index (χ2n) is 5.74. The molecule has 2 heterocycles. The Balaban J connectivity index is 1.80. The van der Waals surface area contributed by atoms with Gasteiger partial charge >= 0.3 is 0 Å². The molecule has 1 amide bonds. The van der Waals surface area contributed by atoms with E-state index in [2.05, 4.69) is 27.7 Å². The van der Waals surface area contributed by atoms with Crippen molar-refractivity contribution < 1.29 is 9.32 Å². The van der Waals surface area contributed by atoms with Gasteiger partial charge in [0.25, 0.3) is 11.8 Å². The highest BCUT2D eigenvalue weighted by Gasteiger charge is 2.22. The van der Waals surface area contributed by atoms with Crippen molar-refractivity contribution in [1.82, 2.24) is 20.8 Å². The summed E-state index contributed by atoms with van der Waals surface area (Å²) in [5.74, 6) is 0.838. The number of carbonyl (C=O) groups is 1. The van der Waals surface area contributed by atoms with Crippen LogP contribution >= 0.6 is 0 Å². The van der Waals surface area contributed by atoms with E-state index in [-0.39, 0.29) is 11.9 Å². The molecule has 0 radical (unpaired) electrons. The number of benzene rings is 1. The van der Waals surface area contributed by atoms with Gasteiger partial charge in [0.05, 0.1) is 11.1 Å². The van der Waals surface area contributed by atoms with Crippen molar-refractivity contribution >= 4 is 5.91 Å². The molecule has 2 N–H and O–H groups in total. The molecule has 3 rings (SSSR count). The first-order chi connectivity index (χ1) is 10.6. The molecule has 1 fully saturated rings. The second-order valence-corrected chi connectivity index (χ2v) is 5.74. The van der Waals surface area contributed by atoms with Crippen LogP contribution in [-0.4, -0.2) is 34.7 Å². The predicted molar refractivity (Wildman–Crippen MR) is 82.4 cm³/mol. The lowest BCUT2D eigenvalue weighted by Gasteiger charge is -2.28. The van der Waals surface area contributed by atoms with Gasteiger partial charge < -0.3 is 15.2 Å². The van der Waals surface area contributed by atoms with Crippen LogP contribution in [0.2, 0.25) is 0 Å². The van der Waals surface area contributed by atoms with Crippen LogP contribution in [0.5, 0.6) is 0 Å². The topological polar surface area (TPSA) is 80.0 Å². The van der Waals surface area contributed by atoms with Crippen LogP contribution in [0, 0.1) is 6.92 Å². The number of nitrogens with zero attached hydrogens (tertiary/aromatic N) is 2. The molecule has 1 aliphatic rings. The molecular formula is C16H20N4O2. The average molecular weight is 300 g/mol. The third-order valence-corrected chi connectivity index (χ3v) is 3.89. The van der Waals surface area contributed by atoms with E-state index in [1.807, 2.05) is 18.2 Å². The number of nitrogens with one attached hydrogen (secondary N) is 2. The lowest BCUT2D eigenvalue weighted by molar-refractivity contribution is 0.0926. The molecule has 6 heteroatoms. The van der Waals surface area contributed by atoms with Crippen molar-refractivity contribution in [2.24, 2.45) is 0 Å². The molecule has 2 unspecified atom stereocenters. The van der Waals surface area contributed by atoms with Crippen LogP contribution in [0.1, 0.15) is 35.9 Å². The summed E-state index contributed by atoms with van der Waals surface area (Å²) in [5, 5.41) is 10.3. The Bertz CT molecular complexity index is 668. The summed E-state index contributed by atoms with van der Waals surface area (Å²) in [4.78, 5) is 16.8. The minimum atomic E-state index is -0.0921. The maximum absolute atomic E-state index is 12.6. The van der Waals surface area contributed by atoms with Gasteiger partial charge in [-0.25, -0.2) is 0 Å². The lowest BCUT2D eigenvalue weighted by Crippen LogP contribution is -2.46. The highest BCUT2D eigenvalue weighted by atomic mass is 16.5. The number of carbonyl (C=O) groups excluding carboxylic acids is 1. The summed E-state index contributed by atoms with van der Waals surface area (Å²) >= 11 is 0. The van der Waals surface area contributed by atoms with E-state index < -0.39 is 0 Å². The number of hydrogen-bond donors (Lipinski definition) is 2. The number of aryl methyl sites for hydroxylation is 1. The van der Waals surface area contributed by atoms with Crippen molar-refractivity contribution in [2.75, 3.05) is 6.54 Å². The first-order valence-corrected chi connectivity index (χ1v) is 7.57. The molecule has 1 aliphatic heterocycles. The molecule has 6 nitrogen and oxygen atoms in total. The quantitative estimate of drug-likeness (QED) is 0.905. The molecule has 2 atom stereocenters. The second kappa shape index (κ2) is 6.27.